The van der Waals surface area contributed by atoms with Crippen LogP contribution in [0.3, 0.4) is 0 Å². The smallest absolute Gasteiger partial charge is 0.396 e. The standard InChI is InChI=1S/C8H15NO3S/c1-4-6(5-13-3)9-7(10)8(11)12-2/h6H,4-5H2,1-3H3,(H,9,10). The third-order valence-electron chi connectivity index (χ3n) is 1.57. The number of methoxy groups -OCH3 is 1. The number of esters is 1. The Bertz CT molecular complexity index is 184. The third kappa shape index (κ3) is 4.77. The van der Waals surface area contributed by atoms with Gasteiger partial charge in [0.2, 0.25) is 0 Å². The summed E-state index contributed by atoms with van der Waals surface area (Å²) in [6.07, 6.45) is 2.76. The molecule has 1 amide bonds. The molecule has 0 aliphatic carbocycles. The van der Waals surface area contributed by atoms with Crippen LogP contribution in [0.25, 0.3) is 0 Å². The average Bonchev–Trinajstić information content (AvgIpc) is 2.15. The quantitative estimate of drug-likeness (QED) is 0.534. The molecule has 0 saturated heterocycles. The van der Waals surface area contributed by atoms with Crippen molar-refractivity contribution in [2.24, 2.45) is 0 Å². The van der Waals surface area contributed by atoms with Crippen molar-refractivity contribution in [1.29, 1.82) is 0 Å². The second kappa shape index (κ2) is 6.77. The zero-order valence-corrected chi connectivity index (χ0v) is 8.94. The van der Waals surface area contributed by atoms with Crippen molar-refractivity contribution >= 4 is 23.6 Å². The van der Waals surface area contributed by atoms with Crippen molar-refractivity contribution in [3.05, 3.63) is 0 Å². The summed E-state index contributed by atoms with van der Waals surface area (Å²) >= 11 is 1.63. The predicted octanol–water partition coefficient (Wildman–Crippen LogP) is 0.417. The van der Waals surface area contributed by atoms with E-state index in [4.69, 9.17) is 0 Å². The van der Waals surface area contributed by atoms with Crippen molar-refractivity contribution in [2.45, 2.75) is 19.4 Å². The van der Waals surface area contributed by atoms with Gasteiger partial charge in [0.05, 0.1) is 7.11 Å². The molecule has 0 aromatic heterocycles. The first-order valence-corrected chi connectivity index (χ1v) is 5.42. The largest absolute Gasteiger partial charge is 0.462 e. The monoisotopic (exact) mass is 205 g/mol. The summed E-state index contributed by atoms with van der Waals surface area (Å²) in [7, 11) is 1.19. The van der Waals surface area contributed by atoms with Gasteiger partial charge in [0.25, 0.3) is 0 Å². The van der Waals surface area contributed by atoms with Crippen molar-refractivity contribution in [3.8, 4) is 0 Å². The zero-order valence-electron chi connectivity index (χ0n) is 8.12. The molecule has 0 aromatic carbocycles. The van der Waals surface area contributed by atoms with E-state index in [1.165, 1.54) is 7.11 Å². The minimum atomic E-state index is -0.834. The number of hydrogen-bond donors (Lipinski definition) is 1. The van der Waals surface area contributed by atoms with E-state index in [1.54, 1.807) is 11.8 Å². The SMILES string of the molecule is CCC(CSC)NC(=O)C(=O)OC. The number of hydrogen-bond acceptors (Lipinski definition) is 4. The first kappa shape index (κ1) is 12.3. The highest BCUT2D eigenvalue weighted by atomic mass is 32.2. The molecule has 0 heterocycles. The highest BCUT2D eigenvalue weighted by molar-refractivity contribution is 7.98. The maximum atomic E-state index is 11.0. The lowest BCUT2D eigenvalue weighted by Crippen LogP contribution is -2.40. The fraction of sp³-hybridized carbons (Fsp3) is 0.750. The van der Waals surface area contributed by atoms with Crippen molar-refractivity contribution in [3.63, 3.8) is 0 Å². The minimum Gasteiger partial charge on any atom is -0.462 e. The van der Waals surface area contributed by atoms with Crippen LogP contribution < -0.4 is 5.32 Å². The number of thioether (sulfide) groups is 1. The number of rotatable bonds is 4. The molecule has 0 spiro atoms. The number of nitrogens with one attached hydrogen (secondary N) is 1. The van der Waals surface area contributed by atoms with Gasteiger partial charge in [-0.05, 0) is 12.7 Å². The topological polar surface area (TPSA) is 55.4 Å². The Morgan fingerprint density at radius 3 is 2.54 bits per heavy atom. The minimum absolute atomic E-state index is 0.0431. The van der Waals surface area contributed by atoms with Gasteiger partial charge in [0.15, 0.2) is 0 Å². The van der Waals surface area contributed by atoms with E-state index >= 15 is 0 Å². The fourth-order valence-corrected chi connectivity index (χ4v) is 1.52. The van der Waals surface area contributed by atoms with Gasteiger partial charge in [0.1, 0.15) is 0 Å². The zero-order chi connectivity index (χ0) is 10.3. The number of ether oxygens (including phenoxy) is 1. The Labute approximate surface area is 82.4 Å². The molecule has 0 rings (SSSR count). The Balaban J connectivity index is 3.93. The molecule has 4 nitrogen and oxygen atoms in total. The molecule has 0 bridgehead atoms. The van der Waals surface area contributed by atoms with Crippen LogP contribution in [0.1, 0.15) is 13.3 Å². The molecule has 0 aliphatic heterocycles. The third-order valence-corrected chi connectivity index (χ3v) is 2.30. The molecule has 0 radical (unpaired) electrons. The van der Waals surface area contributed by atoms with Gasteiger partial charge >= 0.3 is 11.9 Å². The predicted molar refractivity (Wildman–Crippen MR) is 52.6 cm³/mol. The van der Waals surface area contributed by atoms with Gasteiger partial charge in [-0.25, -0.2) is 4.79 Å². The number of carbonyl (C=O) groups excluding carboxylic acids is 2. The van der Waals surface area contributed by atoms with E-state index in [0.29, 0.717) is 0 Å². The van der Waals surface area contributed by atoms with Gasteiger partial charge in [-0.15, -0.1) is 0 Å². The second-order valence-corrected chi connectivity index (χ2v) is 3.44. The maximum absolute atomic E-state index is 11.0. The van der Waals surface area contributed by atoms with Crippen LogP contribution in [0.5, 0.6) is 0 Å². The van der Waals surface area contributed by atoms with Gasteiger partial charge in [-0.2, -0.15) is 11.8 Å². The second-order valence-electron chi connectivity index (χ2n) is 2.53. The molecule has 5 heteroatoms. The van der Waals surface area contributed by atoms with Crippen LogP contribution in [0.2, 0.25) is 0 Å². The molecule has 1 atom stereocenters. The molecule has 0 aliphatic rings. The molecule has 0 saturated carbocycles. The molecule has 76 valence electrons. The van der Waals surface area contributed by atoms with Crippen LogP contribution in [0.15, 0.2) is 0 Å². The van der Waals surface area contributed by atoms with Gasteiger partial charge < -0.3 is 10.1 Å². The summed E-state index contributed by atoms with van der Waals surface area (Å²) in [4.78, 5) is 21.7. The van der Waals surface area contributed by atoms with Crippen LogP contribution in [0, 0.1) is 0 Å². The van der Waals surface area contributed by atoms with Gasteiger partial charge in [-0.1, -0.05) is 6.92 Å². The van der Waals surface area contributed by atoms with E-state index in [2.05, 4.69) is 10.1 Å². The van der Waals surface area contributed by atoms with E-state index in [9.17, 15) is 9.59 Å². The lowest BCUT2D eigenvalue weighted by atomic mass is 10.2. The summed E-state index contributed by atoms with van der Waals surface area (Å²) < 4.78 is 4.28. The highest BCUT2D eigenvalue weighted by Crippen LogP contribution is 2.00. The average molecular weight is 205 g/mol. The van der Waals surface area contributed by atoms with Gasteiger partial charge in [0, 0.05) is 11.8 Å². The Morgan fingerprint density at radius 1 is 1.54 bits per heavy atom. The van der Waals surface area contributed by atoms with Crippen molar-refractivity contribution < 1.29 is 14.3 Å². The van der Waals surface area contributed by atoms with E-state index in [-0.39, 0.29) is 6.04 Å². The summed E-state index contributed by atoms with van der Waals surface area (Å²) in [5, 5.41) is 2.58. The fourth-order valence-electron chi connectivity index (χ4n) is 0.800. The van der Waals surface area contributed by atoms with E-state index in [0.717, 1.165) is 12.2 Å². The Hall–Kier alpha value is -0.710. The molecule has 0 aromatic rings. The Morgan fingerprint density at radius 2 is 2.15 bits per heavy atom. The number of carbonyl (C=O) groups is 2. The normalized spacial score (nSPS) is 11.9. The van der Waals surface area contributed by atoms with Crippen LogP contribution in [-0.2, 0) is 14.3 Å². The van der Waals surface area contributed by atoms with Crippen LogP contribution >= 0.6 is 11.8 Å². The van der Waals surface area contributed by atoms with Crippen molar-refractivity contribution in [2.75, 3.05) is 19.1 Å². The molecule has 1 N–H and O–H groups in total. The molecular formula is C8H15NO3S. The maximum Gasteiger partial charge on any atom is 0.396 e. The summed E-state index contributed by atoms with van der Waals surface area (Å²) in [5.74, 6) is -0.692. The summed E-state index contributed by atoms with van der Waals surface area (Å²) in [6.45, 7) is 1.96. The van der Waals surface area contributed by atoms with Gasteiger partial charge in [-0.3, -0.25) is 4.79 Å². The van der Waals surface area contributed by atoms with E-state index in [1.807, 2.05) is 13.2 Å². The summed E-state index contributed by atoms with van der Waals surface area (Å²) in [6, 6.07) is 0.0431. The first-order valence-electron chi connectivity index (χ1n) is 4.03. The first-order chi connectivity index (χ1) is 6.15. The van der Waals surface area contributed by atoms with Crippen LogP contribution in [0.4, 0.5) is 0 Å². The molecule has 1 unspecified atom stereocenters. The lowest BCUT2D eigenvalue weighted by molar-refractivity contribution is -0.153. The molecular weight excluding hydrogens is 190 g/mol. The lowest BCUT2D eigenvalue weighted by Gasteiger charge is -2.14. The molecule has 13 heavy (non-hydrogen) atoms. The number of amides is 1. The molecule has 0 fully saturated rings. The highest BCUT2D eigenvalue weighted by Gasteiger charge is 2.17. The summed E-state index contributed by atoms with van der Waals surface area (Å²) in [5.41, 5.74) is 0. The van der Waals surface area contributed by atoms with Crippen molar-refractivity contribution in [1.82, 2.24) is 5.32 Å². The Kier molecular flexibility index (Phi) is 6.40. The van der Waals surface area contributed by atoms with Crippen LogP contribution in [-0.4, -0.2) is 37.0 Å². The van der Waals surface area contributed by atoms with E-state index < -0.39 is 11.9 Å².